The van der Waals surface area contributed by atoms with Crippen LogP contribution < -0.4 is 10.6 Å². The maximum Gasteiger partial charge on any atom is 0.272 e. The van der Waals surface area contributed by atoms with Gasteiger partial charge in [-0.2, -0.15) is 0 Å². The molecule has 0 fully saturated rings. The van der Waals surface area contributed by atoms with E-state index in [1.807, 2.05) is 6.92 Å². The number of anilines is 2. The largest absolute Gasteiger partial charge is 0.326 e. The van der Waals surface area contributed by atoms with Gasteiger partial charge >= 0.3 is 0 Å². The van der Waals surface area contributed by atoms with Crippen LogP contribution in [-0.4, -0.2) is 16.7 Å². The van der Waals surface area contributed by atoms with Crippen LogP contribution in [0, 0.1) is 17.0 Å². The van der Waals surface area contributed by atoms with Crippen molar-refractivity contribution in [3.05, 3.63) is 63.7 Å². The van der Waals surface area contributed by atoms with Gasteiger partial charge in [0, 0.05) is 35.0 Å². The van der Waals surface area contributed by atoms with E-state index in [9.17, 15) is 19.7 Å². The van der Waals surface area contributed by atoms with Gasteiger partial charge in [-0.15, -0.1) is 0 Å². The average Bonchev–Trinajstić information content (AvgIpc) is 2.59. The summed E-state index contributed by atoms with van der Waals surface area (Å²) in [6.07, 6.45) is 2.22. The third-order valence-electron chi connectivity index (χ3n) is 3.82. The van der Waals surface area contributed by atoms with E-state index in [1.165, 1.54) is 18.2 Å². The summed E-state index contributed by atoms with van der Waals surface area (Å²) in [4.78, 5) is 34.5. The molecule has 0 heterocycles. The first kappa shape index (κ1) is 19.1. The average molecular weight is 355 g/mol. The Balaban J connectivity index is 2.07. The summed E-state index contributed by atoms with van der Waals surface area (Å²) in [5.74, 6) is -0.446. The van der Waals surface area contributed by atoms with Gasteiger partial charge in [0.25, 0.3) is 11.6 Å². The van der Waals surface area contributed by atoms with Gasteiger partial charge in [0.05, 0.1) is 4.92 Å². The molecule has 0 saturated carbocycles. The van der Waals surface area contributed by atoms with Gasteiger partial charge in [-0.1, -0.05) is 19.4 Å². The number of carbonyl (C=O) groups excluding carboxylic acids is 2. The maximum absolute atomic E-state index is 12.4. The molecule has 2 amide bonds. The van der Waals surface area contributed by atoms with Gasteiger partial charge in [0.2, 0.25) is 5.91 Å². The lowest BCUT2D eigenvalue weighted by atomic mass is 10.1. The van der Waals surface area contributed by atoms with Gasteiger partial charge < -0.3 is 10.6 Å². The van der Waals surface area contributed by atoms with Crippen LogP contribution in [0.3, 0.4) is 0 Å². The van der Waals surface area contributed by atoms with E-state index in [4.69, 9.17) is 0 Å². The van der Waals surface area contributed by atoms with E-state index in [0.29, 0.717) is 28.9 Å². The Hall–Kier alpha value is -3.22. The third kappa shape index (κ3) is 5.14. The number of benzene rings is 2. The molecule has 0 aliphatic rings. The van der Waals surface area contributed by atoms with E-state index >= 15 is 0 Å². The van der Waals surface area contributed by atoms with Crippen LogP contribution in [0.15, 0.2) is 42.5 Å². The number of unbranched alkanes of at least 4 members (excludes halogenated alkanes) is 1. The van der Waals surface area contributed by atoms with Crippen molar-refractivity contribution in [2.45, 2.75) is 33.1 Å². The second kappa shape index (κ2) is 8.75. The summed E-state index contributed by atoms with van der Waals surface area (Å²) in [5.41, 5.74) is 1.84. The fourth-order valence-corrected chi connectivity index (χ4v) is 2.44. The molecule has 2 aromatic rings. The standard InChI is InChI=1S/C19H21N3O4/c1-3-4-8-18(23)20-15-6-5-7-16(12-15)21-19(24)14-9-10-17(22(25)26)13(2)11-14/h5-7,9-12H,3-4,8H2,1-2H3,(H,20,23)(H,21,24). The van der Waals surface area contributed by atoms with E-state index in [0.717, 1.165) is 12.8 Å². The predicted molar refractivity (Wildman–Crippen MR) is 100 cm³/mol. The van der Waals surface area contributed by atoms with Crippen molar-refractivity contribution in [1.82, 2.24) is 0 Å². The first-order valence-electron chi connectivity index (χ1n) is 8.37. The van der Waals surface area contributed by atoms with E-state index in [1.54, 1.807) is 31.2 Å². The molecule has 0 spiro atoms. The summed E-state index contributed by atoms with van der Waals surface area (Å²) in [7, 11) is 0. The van der Waals surface area contributed by atoms with Crippen molar-refractivity contribution in [2.24, 2.45) is 0 Å². The lowest BCUT2D eigenvalue weighted by Gasteiger charge is -2.09. The summed E-state index contributed by atoms with van der Waals surface area (Å²) in [5, 5.41) is 16.4. The van der Waals surface area contributed by atoms with Crippen molar-refractivity contribution in [2.75, 3.05) is 10.6 Å². The lowest BCUT2D eigenvalue weighted by Crippen LogP contribution is -2.14. The molecular formula is C19H21N3O4. The van der Waals surface area contributed by atoms with Crippen LogP contribution >= 0.6 is 0 Å². The molecule has 2 aromatic carbocycles. The molecule has 0 aromatic heterocycles. The highest BCUT2D eigenvalue weighted by Crippen LogP contribution is 2.21. The monoisotopic (exact) mass is 355 g/mol. The first-order valence-corrected chi connectivity index (χ1v) is 8.37. The Morgan fingerprint density at radius 2 is 1.77 bits per heavy atom. The minimum absolute atomic E-state index is 0.0293. The highest BCUT2D eigenvalue weighted by molar-refractivity contribution is 6.05. The Labute approximate surface area is 151 Å². The molecule has 2 rings (SSSR count). The van der Waals surface area contributed by atoms with Crippen LogP contribution in [0.2, 0.25) is 0 Å². The number of nitro groups is 1. The fourth-order valence-electron chi connectivity index (χ4n) is 2.44. The Morgan fingerprint density at radius 3 is 2.38 bits per heavy atom. The fraction of sp³-hybridized carbons (Fsp3) is 0.263. The Kier molecular flexibility index (Phi) is 6.43. The molecule has 0 saturated heterocycles. The van der Waals surface area contributed by atoms with Crippen molar-refractivity contribution in [3.63, 3.8) is 0 Å². The molecule has 0 bridgehead atoms. The molecular weight excluding hydrogens is 334 g/mol. The second-order valence-corrected chi connectivity index (χ2v) is 5.95. The number of hydrogen-bond acceptors (Lipinski definition) is 4. The number of aryl methyl sites for hydroxylation is 1. The van der Waals surface area contributed by atoms with Crippen molar-refractivity contribution >= 4 is 28.9 Å². The summed E-state index contributed by atoms with van der Waals surface area (Å²) in [6, 6.07) is 11.1. The number of hydrogen-bond donors (Lipinski definition) is 2. The number of nitrogens with one attached hydrogen (secondary N) is 2. The number of amides is 2. The molecule has 0 aliphatic carbocycles. The molecule has 0 radical (unpaired) electrons. The molecule has 7 heteroatoms. The summed E-state index contributed by atoms with van der Waals surface area (Å²) in [6.45, 7) is 3.60. The molecule has 136 valence electrons. The minimum atomic E-state index is -0.484. The van der Waals surface area contributed by atoms with Crippen molar-refractivity contribution in [3.8, 4) is 0 Å². The smallest absolute Gasteiger partial charge is 0.272 e. The highest BCUT2D eigenvalue weighted by Gasteiger charge is 2.14. The van der Waals surface area contributed by atoms with Gasteiger partial charge in [-0.05, 0) is 43.7 Å². The summed E-state index contributed by atoms with van der Waals surface area (Å²) >= 11 is 0. The number of carbonyl (C=O) groups is 2. The van der Waals surface area contributed by atoms with Crippen molar-refractivity contribution < 1.29 is 14.5 Å². The first-order chi connectivity index (χ1) is 12.4. The van der Waals surface area contributed by atoms with E-state index in [2.05, 4.69) is 10.6 Å². The van der Waals surface area contributed by atoms with Crippen LogP contribution in [0.25, 0.3) is 0 Å². The number of rotatable bonds is 7. The molecule has 26 heavy (non-hydrogen) atoms. The number of nitrogens with zero attached hydrogens (tertiary/aromatic N) is 1. The van der Waals surface area contributed by atoms with Gasteiger partial charge in [-0.25, -0.2) is 0 Å². The van der Waals surface area contributed by atoms with Crippen molar-refractivity contribution in [1.29, 1.82) is 0 Å². The summed E-state index contributed by atoms with van der Waals surface area (Å²) < 4.78 is 0. The molecule has 0 unspecified atom stereocenters. The van der Waals surface area contributed by atoms with Gasteiger partial charge in [0.1, 0.15) is 0 Å². The zero-order valence-corrected chi connectivity index (χ0v) is 14.7. The minimum Gasteiger partial charge on any atom is -0.326 e. The Bertz CT molecular complexity index is 833. The molecule has 0 atom stereocenters. The second-order valence-electron chi connectivity index (χ2n) is 5.95. The van der Waals surface area contributed by atoms with Crippen LogP contribution in [0.4, 0.5) is 17.1 Å². The van der Waals surface area contributed by atoms with Gasteiger partial charge in [-0.3, -0.25) is 19.7 Å². The predicted octanol–water partition coefficient (Wildman–Crippen LogP) is 4.28. The Morgan fingerprint density at radius 1 is 1.08 bits per heavy atom. The molecule has 7 nitrogen and oxygen atoms in total. The van der Waals surface area contributed by atoms with E-state index < -0.39 is 4.92 Å². The van der Waals surface area contributed by atoms with Crippen LogP contribution in [0.1, 0.15) is 42.1 Å². The van der Waals surface area contributed by atoms with Crippen LogP contribution in [-0.2, 0) is 4.79 Å². The third-order valence-corrected chi connectivity index (χ3v) is 3.82. The normalized spacial score (nSPS) is 10.2. The zero-order chi connectivity index (χ0) is 19.1. The topological polar surface area (TPSA) is 101 Å². The van der Waals surface area contributed by atoms with Crippen LogP contribution in [0.5, 0.6) is 0 Å². The van der Waals surface area contributed by atoms with Gasteiger partial charge in [0.15, 0.2) is 0 Å². The molecule has 0 aliphatic heterocycles. The number of nitro benzene ring substituents is 1. The maximum atomic E-state index is 12.4. The van der Waals surface area contributed by atoms with E-state index in [-0.39, 0.29) is 17.5 Å². The zero-order valence-electron chi connectivity index (χ0n) is 14.7. The highest BCUT2D eigenvalue weighted by atomic mass is 16.6. The lowest BCUT2D eigenvalue weighted by molar-refractivity contribution is -0.385. The quantitative estimate of drug-likeness (QED) is 0.571. The SMILES string of the molecule is CCCCC(=O)Nc1cccc(NC(=O)c2ccc([N+](=O)[O-])c(C)c2)c1. The molecule has 2 N–H and O–H groups in total.